The van der Waals surface area contributed by atoms with Crippen LogP contribution in [0.1, 0.15) is 31.9 Å². The molecule has 1 aliphatic rings. The highest BCUT2D eigenvalue weighted by atomic mass is 19.4. The Morgan fingerprint density at radius 3 is 2.50 bits per heavy atom. The average molecular weight is 450 g/mol. The van der Waals surface area contributed by atoms with Gasteiger partial charge in [0.2, 0.25) is 0 Å². The molecule has 1 atom stereocenters. The smallest absolute Gasteiger partial charge is 0.381 e. The highest BCUT2D eigenvalue weighted by molar-refractivity contribution is 6.31. The Hall–Kier alpha value is -3.07. The molecule has 3 N–H and O–H groups in total. The Morgan fingerprint density at radius 2 is 1.84 bits per heavy atom. The van der Waals surface area contributed by atoms with E-state index in [1.165, 1.54) is 36.5 Å². The van der Waals surface area contributed by atoms with Gasteiger partial charge in [0.15, 0.2) is 0 Å². The molecule has 0 radical (unpaired) electrons. The standard InChI is InChI=1S/C23H26F4N4O/c1-4-31(5-2)13-14(3)29-20-9-7-16(11-19(20)23(25,26)27)28-12-18-17-8-6-15(24)10-21(17)30-22(18)32/h6-12,14,28-29H,4-5,13H2,1-3H3,(H,30,32)/b18-12+. The molecule has 0 fully saturated rings. The Morgan fingerprint density at radius 1 is 1.12 bits per heavy atom. The molecule has 0 bridgehead atoms. The average Bonchev–Trinajstić information content (AvgIpc) is 3.04. The van der Waals surface area contributed by atoms with Crippen LogP contribution in [0.2, 0.25) is 0 Å². The summed E-state index contributed by atoms with van der Waals surface area (Å²) in [7, 11) is 0. The van der Waals surface area contributed by atoms with Crippen molar-refractivity contribution >= 4 is 28.5 Å². The maximum Gasteiger partial charge on any atom is 0.418 e. The van der Waals surface area contributed by atoms with Crippen molar-refractivity contribution in [3.63, 3.8) is 0 Å². The largest absolute Gasteiger partial charge is 0.418 e. The first kappa shape index (κ1) is 23.6. The Kier molecular flexibility index (Phi) is 7.08. The molecule has 0 aliphatic carbocycles. The zero-order valence-electron chi connectivity index (χ0n) is 18.1. The molecule has 0 saturated heterocycles. The van der Waals surface area contributed by atoms with Crippen LogP contribution in [0, 0.1) is 5.82 Å². The minimum Gasteiger partial charge on any atom is -0.381 e. The van der Waals surface area contributed by atoms with Gasteiger partial charge in [0.1, 0.15) is 5.82 Å². The van der Waals surface area contributed by atoms with Gasteiger partial charge in [-0.1, -0.05) is 13.8 Å². The first-order chi connectivity index (χ1) is 15.1. The van der Waals surface area contributed by atoms with E-state index >= 15 is 0 Å². The van der Waals surface area contributed by atoms with E-state index < -0.39 is 23.5 Å². The number of anilines is 3. The summed E-state index contributed by atoms with van der Waals surface area (Å²) in [5.74, 6) is -0.955. The van der Waals surface area contributed by atoms with Crippen LogP contribution in [-0.4, -0.2) is 36.5 Å². The van der Waals surface area contributed by atoms with Crippen molar-refractivity contribution in [3.8, 4) is 0 Å². The lowest BCUT2D eigenvalue weighted by Gasteiger charge is -2.25. The van der Waals surface area contributed by atoms with Crippen molar-refractivity contribution < 1.29 is 22.4 Å². The molecule has 1 aliphatic heterocycles. The number of amides is 1. The summed E-state index contributed by atoms with van der Waals surface area (Å²) >= 11 is 0. The SMILES string of the molecule is CCN(CC)CC(C)Nc1ccc(N/C=C2/C(=O)Nc3cc(F)ccc32)cc1C(F)(F)F. The molecule has 0 spiro atoms. The molecule has 0 saturated carbocycles. The predicted molar refractivity (Wildman–Crippen MR) is 119 cm³/mol. The molecule has 2 aromatic carbocycles. The van der Waals surface area contributed by atoms with Gasteiger partial charge in [0.05, 0.1) is 16.8 Å². The van der Waals surface area contributed by atoms with Gasteiger partial charge >= 0.3 is 6.18 Å². The Bertz CT molecular complexity index is 1020. The van der Waals surface area contributed by atoms with E-state index in [0.29, 0.717) is 17.8 Å². The molecule has 9 heteroatoms. The number of carbonyl (C=O) groups excluding carboxylic acids is 1. The number of hydrogen-bond donors (Lipinski definition) is 3. The summed E-state index contributed by atoms with van der Waals surface area (Å²) in [5.41, 5.74) is 0.378. The number of fused-ring (bicyclic) bond motifs is 1. The van der Waals surface area contributed by atoms with E-state index in [2.05, 4.69) is 20.9 Å². The van der Waals surface area contributed by atoms with Gasteiger partial charge in [-0.3, -0.25) is 4.79 Å². The highest BCUT2D eigenvalue weighted by Gasteiger charge is 2.34. The molecule has 1 unspecified atom stereocenters. The molecule has 32 heavy (non-hydrogen) atoms. The summed E-state index contributed by atoms with van der Waals surface area (Å²) in [6.45, 7) is 8.10. The van der Waals surface area contributed by atoms with Crippen molar-refractivity contribution in [3.05, 3.63) is 59.5 Å². The van der Waals surface area contributed by atoms with Crippen LogP contribution in [0.15, 0.2) is 42.6 Å². The van der Waals surface area contributed by atoms with E-state index in [4.69, 9.17) is 0 Å². The van der Waals surface area contributed by atoms with Crippen molar-refractivity contribution in [2.75, 3.05) is 35.6 Å². The number of nitrogens with zero attached hydrogens (tertiary/aromatic N) is 1. The number of halogens is 4. The van der Waals surface area contributed by atoms with Crippen LogP contribution >= 0.6 is 0 Å². The third-order valence-electron chi connectivity index (χ3n) is 5.30. The normalized spacial score (nSPS) is 15.6. The van der Waals surface area contributed by atoms with E-state index in [1.54, 1.807) is 0 Å². The highest BCUT2D eigenvalue weighted by Crippen LogP contribution is 2.37. The van der Waals surface area contributed by atoms with Gasteiger partial charge in [-0.15, -0.1) is 0 Å². The molecule has 2 aromatic rings. The van der Waals surface area contributed by atoms with E-state index in [9.17, 15) is 22.4 Å². The fraction of sp³-hybridized carbons (Fsp3) is 0.348. The van der Waals surface area contributed by atoms with Crippen LogP contribution in [0.3, 0.4) is 0 Å². The second-order valence-corrected chi connectivity index (χ2v) is 7.64. The predicted octanol–water partition coefficient (Wildman–Crippen LogP) is 5.39. The fourth-order valence-corrected chi connectivity index (χ4v) is 3.64. The Balaban J connectivity index is 1.82. The molecular formula is C23H26F4N4O. The zero-order valence-corrected chi connectivity index (χ0v) is 18.1. The lowest BCUT2D eigenvalue weighted by molar-refractivity contribution is -0.137. The third-order valence-corrected chi connectivity index (χ3v) is 5.30. The molecular weight excluding hydrogens is 424 g/mol. The minimum absolute atomic E-state index is 0.00482. The van der Waals surface area contributed by atoms with Crippen molar-refractivity contribution in [2.45, 2.75) is 33.0 Å². The second-order valence-electron chi connectivity index (χ2n) is 7.64. The lowest BCUT2D eigenvalue weighted by Crippen LogP contribution is -2.35. The number of carbonyl (C=O) groups is 1. The quantitative estimate of drug-likeness (QED) is 0.373. The number of nitrogens with one attached hydrogen (secondary N) is 3. The lowest BCUT2D eigenvalue weighted by atomic mass is 10.1. The van der Waals surface area contributed by atoms with Gasteiger partial charge in [0, 0.05) is 35.7 Å². The van der Waals surface area contributed by atoms with Gasteiger partial charge in [-0.25, -0.2) is 4.39 Å². The summed E-state index contributed by atoms with van der Waals surface area (Å²) < 4.78 is 54.5. The molecule has 1 amide bonds. The maximum absolute atomic E-state index is 13.7. The van der Waals surface area contributed by atoms with Crippen LogP contribution in [0.25, 0.3) is 5.57 Å². The van der Waals surface area contributed by atoms with E-state index in [1.807, 2.05) is 20.8 Å². The van der Waals surface area contributed by atoms with Crippen molar-refractivity contribution in [1.82, 2.24) is 4.90 Å². The molecule has 3 rings (SSSR count). The monoisotopic (exact) mass is 450 g/mol. The molecule has 1 heterocycles. The van der Waals surface area contributed by atoms with Gasteiger partial charge in [0.25, 0.3) is 5.91 Å². The number of hydrogen-bond acceptors (Lipinski definition) is 4. The summed E-state index contributed by atoms with van der Waals surface area (Å²) in [4.78, 5) is 14.3. The summed E-state index contributed by atoms with van der Waals surface area (Å²) in [6.07, 6.45) is -3.23. The molecule has 0 aromatic heterocycles. The second kappa shape index (κ2) is 9.60. The van der Waals surface area contributed by atoms with E-state index in [-0.39, 0.29) is 23.0 Å². The Labute approximate surface area is 184 Å². The van der Waals surface area contributed by atoms with Crippen molar-refractivity contribution in [1.29, 1.82) is 0 Å². The molecule has 172 valence electrons. The van der Waals surface area contributed by atoms with Gasteiger partial charge in [-0.2, -0.15) is 13.2 Å². The summed E-state index contributed by atoms with van der Waals surface area (Å²) in [6, 6.07) is 7.56. The van der Waals surface area contributed by atoms with E-state index in [0.717, 1.165) is 19.2 Å². The molecule has 5 nitrogen and oxygen atoms in total. The fourth-order valence-electron chi connectivity index (χ4n) is 3.64. The first-order valence-corrected chi connectivity index (χ1v) is 10.4. The van der Waals surface area contributed by atoms with Gasteiger partial charge < -0.3 is 20.9 Å². The van der Waals surface area contributed by atoms with Crippen LogP contribution in [0.4, 0.5) is 34.6 Å². The minimum atomic E-state index is -4.56. The van der Waals surface area contributed by atoms with Crippen LogP contribution < -0.4 is 16.0 Å². The van der Waals surface area contributed by atoms with Gasteiger partial charge in [-0.05, 0) is 56.4 Å². The number of rotatable bonds is 8. The third kappa shape index (κ3) is 5.40. The van der Waals surface area contributed by atoms with Crippen molar-refractivity contribution in [2.24, 2.45) is 0 Å². The first-order valence-electron chi connectivity index (χ1n) is 10.4. The topological polar surface area (TPSA) is 56.4 Å². The zero-order chi connectivity index (χ0) is 23.5. The van der Waals surface area contributed by atoms with Crippen LogP contribution in [-0.2, 0) is 11.0 Å². The number of likely N-dealkylation sites (N-methyl/N-ethyl adjacent to an activating group) is 1. The number of benzene rings is 2. The number of alkyl halides is 3. The van der Waals surface area contributed by atoms with Crippen LogP contribution in [0.5, 0.6) is 0 Å². The maximum atomic E-state index is 13.7. The summed E-state index contributed by atoms with van der Waals surface area (Å²) in [5, 5.41) is 8.26.